The van der Waals surface area contributed by atoms with Crippen molar-refractivity contribution >= 4 is 60.6 Å². The second-order valence-electron chi connectivity index (χ2n) is 7.80. The van der Waals surface area contributed by atoms with Crippen molar-refractivity contribution in [1.29, 1.82) is 0 Å². The van der Waals surface area contributed by atoms with E-state index in [0.717, 1.165) is 4.47 Å². The molecule has 188 valence electrons. The van der Waals surface area contributed by atoms with E-state index in [4.69, 9.17) is 9.84 Å². The number of benzene rings is 3. The van der Waals surface area contributed by atoms with Crippen LogP contribution in [-0.4, -0.2) is 31.9 Å². The largest absolute Gasteiger partial charge is 0.481 e. The predicted octanol–water partition coefficient (Wildman–Crippen LogP) is 5.55. The highest BCUT2D eigenvalue weighted by Crippen LogP contribution is 2.36. The van der Waals surface area contributed by atoms with Crippen LogP contribution < -0.4 is 10.3 Å². The Morgan fingerprint density at radius 2 is 1.92 bits per heavy atom. The van der Waals surface area contributed by atoms with Gasteiger partial charge in [0.15, 0.2) is 0 Å². The van der Waals surface area contributed by atoms with Crippen molar-refractivity contribution in [3.05, 3.63) is 107 Å². The summed E-state index contributed by atoms with van der Waals surface area (Å²) < 4.78 is 7.92. The quantitative estimate of drug-likeness (QED) is 0.153. The summed E-state index contributed by atoms with van der Waals surface area (Å²) in [4.78, 5) is 39.8. The Bertz CT molecular complexity index is 1620. The van der Waals surface area contributed by atoms with Gasteiger partial charge >= 0.3 is 11.7 Å². The summed E-state index contributed by atoms with van der Waals surface area (Å²) in [7, 11) is 0. The van der Waals surface area contributed by atoms with Crippen LogP contribution in [0.25, 0.3) is 10.9 Å². The van der Waals surface area contributed by atoms with E-state index >= 15 is 0 Å². The van der Waals surface area contributed by atoms with Gasteiger partial charge in [0.25, 0.3) is 5.56 Å². The smallest absolute Gasteiger partial charge is 0.335 e. The zero-order chi connectivity index (χ0) is 26.7. The molecule has 0 saturated carbocycles. The van der Waals surface area contributed by atoms with E-state index in [2.05, 4.69) is 41.9 Å². The highest BCUT2D eigenvalue weighted by atomic mass is 79.9. The van der Waals surface area contributed by atoms with Gasteiger partial charge in [-0.1, -0.05) is 35.0 Å². The lowest BCUT2D eigenvalue weighted by Crippen LogP contribution is -2.22. The number of aromatic nitrogens is 2. The number of carboxylic acid groups (broad SMARTS) is 1. The first-order valence-corrected chi connectivity index (χ1v) is 12.4. The third kappa shape index (κ3) is 5.75. The second-order valence-corrected chi connectivity index (χ2v) is 9.57. The molecule has 0 aliphatic rings. The van der Waals surface area contributed by atoms with Gasteiger partial charge in [-0.3, -0.25) is 14.9 Å². The van der Waals surface area contributed by atoms with Crippen LogP contribution in [0.2, 0.25) is 0 Å². The second kappa shape index (κ2) is 11.0. The molecule has 10 nitrogen and oxygen atoms in total. The minimum absolute atomic E-state index is 0.00750. The number of nitrogens with zero attached hydrogens (tertiary/aromatic N) is 4. The molecule has 3 aromatic carbocycles. The molecule has 37 heavy (non-hydrogen) atoms. The summed E-state index contributed by atoms with van der Waals surface area (Å²) in [6.07, 6.45) is 1.79. The molecular weight excluding hydrogens is 612 g/mol. The molecule has 0 aliphatic heterocycles. The Morgan fingerprint density at radius 1 is 1.19 bits per heavy atom. The molecule has 12 heteroatoms. The van der Waals surface area contributed by atoms with Crippen LogP contribution in [0.1, 0.15) is 34.2 Å². The van der Waals surface area contributed by atoms with E-state index in [0.29, 0.717) is 38.7 Å². The number of carbonyl (C=O) groups is 1. The summed E-state index contributed by atoms with van der Waals surface area (Å²) in [5.74, 6) is -0.602. The SMILES string of the molecule is CCc1nc2ccc(Br)cc2c(=O)n1N=Cc1cc(Br)c(OCc2ccc(C(=O)O)cc2)c([N+](=O)[O-])c1. The van der Waals surface area contributed by atoms with Gasteiger partial charge in [0.2, 0.25) is 5.75 Å². The van der Waals surface area contributed by atoms with E-state index in [1.165, 1.54) is 29.1 Å². The molecule has 0 fully saturated rings. The van der Waals surface area contributed by atoms with Crippen LogP contribution in [-0.2, 0) is 13.0 Å². The van der Waals surface area contributed by atoms with Gasteiger partial charge in [0.1, 0.15) is 12.4 Å². The number of halogens is 2. The summed E-state index contributed by atoms with van der Waals surface area (Å²) in [5.41, 5.74) is 1.01. The zero-order valence-corrected chi connectivity index (χ0v) is 22.4. The lowest BCUT2D eigenvalue weighted by Gasteiger charge is -2.10. The maximum absolute atomic E-state index is 13.1. The number of fused-ring (bicyclic) bond motifs is 1. The van der Waals surface area contributed by atoms with Gasteiger partial charge in [-0.25, -0.2) is 9.78 Å². The fraction of sp³-hybridized carbons (Fsp3) is 0.120. The first kappa shape index (κ1) is 26.2. The highest BCUT2D eigenvalue weighted by molar-refractivity contribution is 9.10. The minimum Gasteiger partial charge on any atom is -0.481 e. The number of carboxylic acids is 1. The molecule has 0 bridgehead atoms. The summed E-state index contributed by atoms with van der Waals surface area (Å²) in [6, 6.07) is 14.1. The van der Waals surface area contributed by atoms with E-state index in [9.17, 15) is 19.7 Å². The van der Waals surface area contributed by atoms with Crippen molar-refractivity contribution in [3.8, 4) is 5.75 Å². The summed E-state index contributed by atoms with van der Waals surface area (Å²) >= 11 is 6.68. The molecule has 1 N–H and O–H groups in total. The average Bonchev–Trinajstić information content (AvgIpc) is 2.87. The lowest BCUT2D eigenvalue weighted by molar-refractivity contribution is -0.386. The van der Waals surface area contributed by atoms with Crippen molar-refractivity contribution in [1.82, 2.24) is 9.66 Å². The minimum atomic E-state index is -1.05. The number of rotatable bonds is 8. The molecule has 0 saturated heterocycles. The number of ether oxygens (including phenoxy) is 1. The topological polar surface area (TPSA) is 137 Å². The molecular formula is C25H18Br2N4O6. The molecule has 0 radical (unpaired) electrons. The van der Waals surface area contributed by atoms with Gasteiger partial charge in [-0.15, -0.1) is 0 Å². The van der Waals surface area contributed by atoms with Gasteiger partial charge in [-0.05, 0) is 57.9 Å². The standard InChI is InChI=1S/C25H18Br2N4O6/c1-2-22-29-20-8-7-17(26)11-18(20)24(32)30(22)28-12-15-9-19(27)23(21(10-15)31(35)36)37-13-14-3-5-16(6-4-14)25(33)34/h3-12H,2,13H2,1H3,(H,33,34). The number of nitro benzene ring substituents is 1. The first-order valence-electron chi connectivity index (χ1n) is 10.9. The Hall–Kier alpha value is -3.90. The van der Waals surface area contributed by atoms with E-state index in [1.54, 1.807) is 36.4 Å². The molecule has 0 amide bonds. The highest BCUT2D eigenvalue weighted by Gasteiger charge is 2.20. The first-order chi connectivity index (χ1) is 17.7. The molecule has 0 aliphatic carbocycles. The van der Waals surface area contributed by atoms with E-state index in [-0.39, 0.29) is 29.2 Å². The molecule has 4 rings (SSSR count). The predicted molar refractivity (Wildman–Crippen MR) is 145 cm³/mol. The van der Waals surface area contributed by atoms with Gasteiger partial charge in [0.05, 0.1) is 32.1 Å². The monoisotopic (exact) mass is 628 g/mol. The molecule has 1 aromatic heterocycles. The van der Waals surface area contributed by atoms with Crippen molar-refractivity contribution in [2.45, 2.75) is 20.0 Å². The molecule has 0 unspecified atom stereocenters. The fourth-order valence-corrected chi connectivity index (χ4v) is 4.46. The normalized spacial score (nSPS) is 11.2. The molecule has 0 atom stereocenters. The van der Waals surface area contributed by atoms with Crippen LogP contribution in [0.4, 0.5) is 5.69 Å². The molecule has 1 heterocycles. The number of nitro groups is 1. The Balaban J connectivity index is 1.66. The van der Waals surface area contributed by atoms with Gasteiger partial charge in [0, 0.05) is 22.5 Å². The number of aryl methyl sites for hydroxylation is 1. The van der Waals surface area contributed by atoms with Crippen LogP contribution in [0.15, 0.2) is 73.4 Å². The Labute approximate surface area is 226 Å². The number of hydrogen-bond acceptors (Lipinski definition) is 7. The van der Waals surface area contributed by atoms with Crippen molar-refractivity contribution < 1.29 is 19.6 Å². The van der Waals surface area contributed by atoms with E-state index < -0.39 is 10.9 Å². The average molecular weight is 630 g/mol. The summed E-state index contributed by atoms with van der Waals surface area (Å²) in [5, 5.41) is 25.5. The zero-order valence-electron chi connectivity index (χ0n) is 19.2. The Kier molecular flexibility index (Phi) is 7.79. The van der Waals surface area contributed by atoms with Crippen molar-refractivity contribution in [2.24, 2.45) is 5.10 Å². The van der Waals surface area contributed by atoms with E-state index in [1.807, 2.05) is 6.92 Å². The van der Waals surface area contributed by atoms with Crippen LogP contribution in [0.5, 0.6) is 5.75 Å². The number of aromatic carboxylic acids is 1. The maximum atomic E-state index is 13.1. The van der Waals surface area contributed by atoms with Crippen molar-refractivity contribution in [3.63, 3.8) is 0 Å². The fourth-order valence-electron chi connectivity index (χ4n) is 3.52. The van der Waals surface area contributed by atoms with Gasteiger partial charge < -0.3 is 9.84 Å². The van der Waals surface area contributed by atoms with Crippen LogP contribution >= 0.6 is 31.9 Å². The Morgan fingerprint density at radius 3 is 2.57 bits per heavy atom. The van der Waals surface area contributed by atoms with Crippen LogP contribution in [0, 0.1) is 10.1 Å². The third-order valence-corrected chi connectivity index (χ3v) is 6.42. The molecule has 0 spiro atoms. The van der Waals surface area contributed by atoms with Crippen molar-refractivity contribution in [2.75, 3.05) is 0 Å². The molecule has 4 aromatic rings. The maximum Gasteiger partial charge on any atom is 0.335 e. The van der Waals surface area contributed by atoms with Gasteiger partial charge in [-0.2, -0.15) is 9.78 Å². The lowest BCUT2D eigenvalue weighted by atomic mass is 10.1. The van der Waals surface area contributed by atoms with Crippen LogP contribution in [0.3, 0.4) is 0 Å². The third-order valence-electron chi connectivity index (χ3n) is 5.34. The summed E-state index contributed by atoms with van der Waals surface area (Å²) in [6.45, 7) is 1.83. The number of hydrogen-bond donors (Lipinski definition) is 1.